The van der Waals surface area contributed by atoms with Crippen molar-refractivity contribution in [2.75, 3.05) is 19.6 Å². The fraction of sp³-hybridized carbons (Fsp3) is 0.333. The molecule has 1 fully saturated rings. The summed E-state index contributed by atoms with van der Waals surface area (Å²) < 4.78 is 13.0. The molecule has 5 nitrogen and oxygen atoms in total. The van der Waals surface area contributed by atoms with Gasteiger partial charge in [0.15, 0.2) is 0 Å². The minimum atomic E-state index is -1.16. The quantitative estimate of drug-likeness (QED) is 0.819. The lowest BCUT2D eigenvalue weighted by atomic mass is 10.1. The summed E-state index contributed by atoms with van der Waals surface area (Å²) in [5.74, 6) is -1.82. The van der Waals surface area contributed by atoms with Crippen LogP contribution in [-0.2, 0) is 11.3 Å². The minimum Gasteiger partial charge on any atom is -0.478 e. The van der Waals surface area contributed by atoms with Gasteiger partial charge in [0.2, 0.25) is 5.91 Å². The Labute approximate surface area is 103 Å². The molecule has 0 atom stereocenters. The zero-order valence-electron chi connectivity index (χ0n) is 9.65. The van der Waals surface area contributed by atoms with Crippen molar-refractivity contribution in [2.45, 2.75) is 6.54 Å². The Morgan fingerprint density at radius 3 is 2.94 bits per heavy atom. The van der Waals surface area contributed by atoms with Crippen LogP contribution in [0.4, 0.5) is 4.39 Å². The molecular formula is C12H13FN2O3. The number of halogens is 1. The van der Waals surface area contributed by atoms with E-state index in [1.54, 1.807) is 0 Å². The van der Waals surface area contributed by atoms with Crippen molar-refractivity contribution in [3.63, 3.8) is 0 Å². The number of carbonyl (C=O) groups excluding carboxylic acids is 1. The van der Waals surface area contributed by atoms with Gasteiger partial charge in [-0.05, 0) is 17.7 Å². The summed E-state index contributed by atoms with van der Waals surface area (Å²) in [6.07, 6.45) is 0. The zero-order chi connectivity index (χ0) is 13.1. The number of carboxylic acids is 1. The molecule has 0 spiro atoms. The summed E-state index contributed by atoms with van der Waals surface area (Å²) in [6.45, 7) is 1.76. The van der Waals surface area contributed by atoms with Crippen LogP contribution in [0.5, 0.6) is 0 Å². The summed E-state index contributed by atoms with van der Waals surface area (Å²) in [6, 6.07) is 3.68. The van der Waals surface area contributed by atoms with Gasteiger partial charge >= 0.3 is 5.97 Å². The third-order valence-corrected chi connectivity index (χ3v) is 2.81. The predicted octanol–water partition coefficient (Wildman–Crippen LogP) is 0.456. The molecule has 1 aromatic rings. The highest BCUT2D eigenvalue weighted by molar-refractivity contribution is 5.89. The second-order valence-electron chi connectivity index (χ2n) is 4.17. The van der Waals surface area contributed by atoms with Gasteiger partial charge in [-0.15, -0.1) is 0 Å². The smallest absolute Gasteiger partial charge is 0.336 e. The van der Waals surface area contributed by atoms with E-state index in [-0.39, 0.29) is 18.0 Å². The molecule has 1 heterocycles. The van der Waals surface area contributed by atoms with Gasteiger partial charge in [-0.1, -0.05) is 6.07 Å². The van der Waals surface area contributed by atoms with Crippen LogP contribution < -0.4 is 5.32 Å². The number of hydrogen-bond acceptors (Lipinski definition) is 3. The van der Waals surface area contributed by atoms with E-state index in [1.165, 1.54) is 12.1 Å². The topological polar surface area (TPSA) is 69.6 Å². The molecule has 1 aliphatic heterocycles. The molecule has 0 saturated carbocycles. The molecule has 18 heavy (non-hydrogen) atoms. The van der Waals surface area contributed by atoms with Gasteiger partial charge in [-0.25, -0.2) is 9.18 Å². The van der Waals surface area contributed by atoms with Crippen LogP contribution in [-0.4, -0.2) is 41.5 Å². The molecule has 2 rings (SSSR count). The van der Waals surface area contributed by atoms with Crippen molar-refractivity contribution in [2.24, 2.45) is 0 Å². The van der Waals surface area contributed by atoms with Crippen LogP contribution in [0.2, 0.25) is 0 Å². The SMILES string of the molecule is O=C1CN(Cc2ccc(F)cc2C(=O)O)CCN1. The molecule has 0 aliphatic carbocycles. The standard InChI is InChI=1S/C12H13FN2O3/c13-9-2-1-8(10(5-9)12(17)18)6-15-4-3-14-11(16)7-15/h1-2,5H,3-4,6-7H2,(H,14,16)(H,17,18). The van der Waals surface area contributed by atoms with Crippen molar-refractivity contribution in [3.8, 4) is 0 Å². The fourth-order valence-corrected chi connectivity index (χ4v) is 1.95. The number of hydrogen-bond donors (Lipinski definition) is 2. The Hall–Kier alpha value is -1.95. The zero-order valence-corrected chi connectivity index (χ0v) is 9.65. The normalized spacial score (nSPS) is 16.4. The maximum atomic E-state index is 13.0. The summed E-state index contributed by atoms with van der Waals surface area (Å²) in [4.78, 5) is 24.1. The number of benzene rings is 1. The van der Waals surface area contributed by atoms with E-state index >= 15 is 0 Å². The van der Waals surface area contributed by atoms with Gasteiger partial charge in [0.1, 0.15) is 5.82 Å². The molecule has 1 aromatic carbocycles. The first kappa shape index (κ1) is 12.5. The lowest BCUT2D eigenvalue weighted by Crippen LogP contribution is -2.47. The first-order chi connectivity index (χ1) is 8.56. The molecule has 1 saturated heterocycles. The highest BCUT2D eigenvalue weighted by Crippen LogP contribution is 2.14. The lowest BCUT2D eigenvalue weighted by Gasteiger charge is -2.26. The number of piperazine rings is 1. The van der Waals surface area contributed by atoms with Gasteiger partial charge in [-0.3, -0.25) is 9.69 Å². The Kier molecular flexibility index (Phi) is 3.57. The average Bonchev–Trinajstić information content (AvgIpc) is 2.31. The molecule has 0 bridgehead atoms. The fourth-order valence-electron chi connectivity index (χ4n) is 1.95. The first-order valence-electron chi connectivity index (χ1n) is 5.57. The number of amides is 1. The van der Waals surface area contributed by atoms with Crippen molar-refractivity contribution < 1.29 is 19.1 Å². The predicted molar refractivity (Wildman–Crippen MR) is 61.6 cm³/mol. The van der Waals surface area contributed by atoms with Gasteiger partial charge in [0.05, 0.1) is 12.1 Å². The molecular weight excluding hydrogens is 239 g/mol. The molecule has 96 valence electrons. The van der Waals surface area contributed by atoms with Crippen LogP contribution in [0.1, 0.15) is 15.9 Å². The van der Waals surface area contributed by atoms with Gasteiger partial charge in [-0.2, -0.15) is 0 Å². The number of carbonyl (C=O) groups is 2. The van der Waals surface area contributed by atoms with E-state index in [2.05, 4.69) is 5.32 Å². The maximum absolute atomic E-state index is 13.0. The van der Waals surface area contributed by atoms with Gasteiger partial charge < -0.3 is 10.4 Å². The number of nitrogens with one attached hydrogen (secondary N) is 1. The van der Waals surface area contributed by atoms with Crippen LogP contribution in [0, 0.1) is 5.82 Å². The van der Waals surface area contributed by atoms with Crippen LogP contribution in [0.3, 0.4) is 0 Å². The second kappa shape index (κ2) is 5.14. The minimum absolute atomic E-state index is 0.0546. The van der Waals surface area contributed by atoms with Crippen molar-refractivity contribution in [1.82, 2.24) is 10.2 Å². The van der Waals surface area contributed by atoms with Crippen molar-refractivity contribution in [1.29, 1.82) is 0 Å². The van der Waals surface area contributed by atoms with E-state index in [1.807, 2.05) is 4.90 Å². The molecule has 0 aromatic heterocycles. The Morgan fingerprint density at radius 1 is 1.50 bits per heavy atom. The van der Waals surface area contributed by atoms with E-state index in [4.69, 9.17) is 5.11 Å². The van der Waals surface area contributed by atoms with E-state index in [0.29, 0.717) is 25.2 Å². The Morgan fingerprint density at radius 2 is 2.28 bits per heavy atom. The maximum Gasteiger partial charge on any atom is 0.336 e. The van der Waals surface area contributed by atoms with Crippen LogP contribution in [0.15, 0.2) is 18.2 Å². The lowest BCUT2D eigenvalue weighted by molar-refractivity contribution is -0.124. The summed E-state index contributed by atoms with van der Waals surface area (Å²) in [5.41, 5.74) is 0.458. The monoisotopic (exact) mass is 252 g/mol. The Bertz CT molecular complexity index is 490. The molecule has 1 aliphatic rings. The molecule has 6 heteroatoms. The van der Waals surface area contributed by atoms with Crippen LogP contribution >= 0.6 is 0 Å². The Balaban J connectivity index is 2.17. The molecule has 1 amide bonds. The summed E-state index contributed by atoms with van der Waals surface area (Å²) >= 11 is 0. The molecule has 2 N–H and O–H groups in total. The number of rotatable bonds is 3. The van der Waals surface area contributed by atoms with Crippen molar-refractivity contribution >= 4 is 11.9 Å². The number of nitrogens with zero attached hydrogens (tertiary/aromatic N) is 1. The first-order valence-corrected chi connectivity index (χ1v) is 5.57. The van der Waals surface area contributed by atoms with Gasteiger partial charge in [0.25, 0.3) is 0 Å². The van der Waals surface area contributed by atoms with Crippen LogP contribution in [0.25, 0.3) is 0 Å². The third-order valence-electron chi connectivity index (χ3n) is 2.81. The van der Waals surface area contributed by atoms with Gasteiger partial charge in [0, 0.05) is 19.6 Å². The third kappa shape index (κ3) is 2.84. The largest absolute Gasteiger partial charge is 0.478 e. The summed E-state index contributed by atoms with van der Waals surface area (Å²) in [7, 11) is 0. The van der Waals surface area contributed by atoms with E-state index in [0.717, 1.165) is 6.07 Å². The average molecular weight is 252 g/mol. The highest BCUT2D eigenvalue weighted by atomic mass is 19.1. The van der Waals surface area contributed by atoms with E-state index < -0.39 is 11.8 Å². The second-order valence-corrected chi connectivity index (χ2v) is 4.17. The van der Waals surface area contributed by atoms with E-state index in [9.17, 15) is 14.0 Å². The molecule has 0 radical (unpaired) electrons. The number of carboxylic acid groups (broad SMARTS) is 1. The highest BCUT2D eigenvalue weighted by Gasteiger charge is 2.19. The van der Waals surface area contributed by atoms with Crippen molar-refractivity contribution in [3.05, 3.63) is 35.1 Å². The summed E-state index contributed by atoms with van der Waals surface area (Å²) in [5, 5.41) is 11.7. The number of aromatic carboxylic acids is 1. The molecule has 0 unspecified atom stereocenters.